The second-order valence-electron chi connectivity index (χ2n) is 3.73. The molecule has 2 rings (SSSR count). The molecule has 2 aromatic carbocycles. The maximum Gasteiger partial charge on any atom is 0.147 e. The Balaban J connectivity index is 2.09. The van der Waals surface area contributed by atoms with E-state index in [1.807, 2.05) is 24.3 Å². The van der Waals surface area contributed by atoms with E-state index >= 15 is 0 Å². The topological polar surface area (TPSA) is 12.0 Å². The van der Waals surface area contributed by atoms with Crippen LogP contribution in [0.1, 0.15) is 5.56 Å². The van der Waals surface area contributed by atoms with E-state index in [1.54, 1.807) is 6.07 Å². The lowest BCUT2D eigenvalue weighted by Crippen LogP contribution is -2.01. The van der Waals surface area contributed by atoms with Crippen LogP contribution < -0.4 is 5.32 Å². The molecule has 0 heterocycles. The summed E-state index contributed by atoms with van der Waals surface area (Å²) in [5.74, 6) is -0.263. The van der Waals surface area contributed by atoms with E-state index in [0.29, 0.717) is 12.2 Å². The fourth-order valence-electron chi connectivity index (χ4n) is 1.48. The number of benzene rings is 2. The molecule has 18 heavy (non-hydrogen) atoms. The van der Waals surface area contributed by atoms with Crippen LogP contribution in [-0.2, 0) is 6.54 Å². The lowest BCUT2D eigenvalue weighted by molar-refractivity contribution is 0.629. The van der Waals surface area contributed by atoms with Crippen LogP contribution in [0.25, 0.3) is 0 Å². The SMILES string of the molecule is Fc1cc(Br)ccc1NCc1ccc(Br)c(Br)c1. The Morgan fingerprint density at radius 2 is 1.72 bits per heavy atom. The van der Waals surface area contributed by atoms with Gasteiger partial charge in [-0.15, -0.1) is 0 Å². The molecule has 0 atom stereocenters. The largest absolute Gasteiger partial charge is 0.379 e. The van der Waals surface area contributed by atoms with E-state index in [2.05, 4.69) is 53.1 Å². The average molecular weight is 438 g/mol. The average Bonchev–Trinajstić information content (AvgIpc) is 2.32. The molecule has 0 saturated carbocycles. The van der Waals surface area contributed by atoms with Crippen molar-refractivity contribution < 1.29 is 4.39 Å². The Kier molecular flexibility index (Phi) is 4.81. The zero-order chi connectivity index (χ0) is 13.1. The van der Waals surface area contributed by atoms with Crippen molar-refractivity contribution in [3.05, 3.63) is 61.2 Å². The van der Waals surface area contributed by atoms with Gasteiger partial charge in [-0.1, -0.05) is 22.0 Å². The van der Waals surface area contributed by atoms with Crippen molar-refractivity contribution in [3.8, 4) is 0 Å². The third kappa shape index (κ3) is 3.56. The van der Waals surface area contributed by atoms with Gasteiger partial charge in [-0.3, -0.25) is 0 Å². The summed E-state index contributed by atoms with van der Waals surface area (Å²) in [6.07, 6.45) is 0. The minimum absolute atomic E-state index is 0.263. The highest BCUT2D eigenvalue weighted by atomic mass is 79.9. The van der Waals surface area contributed by atoms with Gasteiger partial charge in [0.15, 0.2) is 0 Å². The molecule has 2 aromatic rings. The first-order valence-electron chi connectivity index (χ1n) is 5.19. The summed E-state index contributed by atoms with van der Waals surface area (Å²) in [4.78, 5) is 0. The Bertz CT molecular complexity index is 572. The number of rotatable bonds is 3. The molecule has 5 heteroatoms. The predicted molar refractivity (Wildman–Crippen MR) is 83.3 cm³/mol. The van der Waals surface area contributed by atoms with Crippen LogP contribution in [0, 0.1) is 5.82 Å². The van der Waals surface area contributed by atoms with Gasteiger partial charge in [0.25, 0.3) is 0 Å². The molecule has 0 aliphatic rings. The van der Waals surface area contributed by atoms with E-state index in [9.17, 15) is 4.39 Å². The first-order valence-corrected chi connectivity index (χ1v) is 7.57. The van der Waals surface area contributed by atoms with Gasteiger partial charge < -0.3 is 5.32 Å². The Hall–Kier alpha value is -0.390. The van der Waals surface area contributed by atoms with Crippen LogP contribution in [-0.4, -0.2) is 0 Å². The lowest BCUT2D eigenvalue weighted by Gasteiger charge is -2.08. The molecule has 0 spiro atoms. The monoisotopic (exact) mass is 435 g/mol. The number of halogens is 4. The van der Waals surface area contributed by atoms with Gasteiger partial charge in [-0.05, 0) is 67.8 Å². The minimum Gasteiger partial charge on any atom is -0.379 e. The number of hydrogen-bond donors (Lipinski definition) is 1. The molecular weight excluding hydrogens is 429 g/mol. The van der Waals surface area contributed by atoms with E-state index in [-0.39, 0.29) is 5.82 Å². The van der Waals surface area contributed by atoms with Gasteiger partial charge in [0, 0.05) is 20.0 Å². The maximum atomic E-state index is 13.6. The molecule has 0 aromatic heterocycles. The normalized spacial score (nSPS) is 10.4. The fourth-order valence-corrected chi connectivity index (χ4v) is 2.49. The third-order valence-corrected chi connectivity index (χ3v) is 4.77. The third-order valence-electron chi connectivity index (χ3n) is 2.40. The number of anilines is 1. The summed E-state index contributed by atoms with van der Waals surface area (Å²) in [6.45, 7) is 0.574. The molecule has 0 unspecified atom stereocenters. The number of nitrogens with one attached hydrogen (secondary N) is 1. The molecule has 0 aliphatic heterocycles. The highest BCUT2D eigenvalue weighted by molar-refractivity contribution is 9.13. The Labute approximate surface area is 130 Å². The molecule has 94 valence electrons. The highest BCUT2D eigenvalue weighted by Gasteiger charge is 2.03. The van der Waals surface area contributed by atoms with Crippen molar-refractivity contribution in [1.29, 1.82) is 0 Å². The quantitative estimate of drug-likeness (QED) is 0.647. The van der Waals surface area contributed by atoms with Crippen molar-refractivity contribution in [3.63, 3.8) is 0 Å². The molecule has 1 nitrogen and oxygen atoms in total. The summed E-state index contributed by atoms with van der Waals surface area (Å²) in [5, 5.41) is 3.07. The highest BCUT2D eigenvalue weighted by Crippen LogP contribution is 2.25. The predicted octanol–water partition coefficient (Wildman–Crippen LogP) is 5.73. The van der Waals surface area contributed by atoms with E-state index in [1.165, 1.54) is 6.07 Å². The second-order valence-corrected chi connectivity index (χ2v) is 6.35. The van der Waals surface area contributed by atoms with E-state index in [0.717, 1.165) is 19.0 Å². The van der Waals surface area contributed by atoms with Crippen molar-refractivity contribution in [2.75, 3.05) is 5.32 Å². The van der Waals surface area contributed by atoms with Gasteiger partial charge in [-0.25, -0.2) is 4.39 Å². The van der Waals surface area contributed by atoms with Crippen molar-refractivity contribution >= 4 is 53.5 Å². The van der Waals surface area contributed by atoms with Gasteiger partial charge in [0.05, 0.1) is 5.69 Å². The lowest BCUT2D eigenvalue weighted by atomic mass is 10.2. The fraction of sp³-hybridized carbons (Fsp3) is 0.0769. The number of hydrogen-bond acceptors (Lipinski definition) is 1. The zero-order valence-electron chi connectivity index (χ0n) is 9.18. The van der Waals surface area contributed by atoms with Gasteiger partial charge >= 0.3 is 0 Å². The minimum atomic E-state index is -0.263. The molecule has 0 radical (unpaired) electrons. The van der Waals surface area contributed by atoms with Crippen molar-refractivity contribution in [2.24, 2.45) is 0 Å². The summed E-state index contributed by atoms with van der Waals surface area (Å²) >= 11 is 10.1. The molecule has 0 fully saturated rings. The molecule has 0 bridgehead atoms. The first-order chi connectivity index (χ1) is 8.56. The van der Waals surface area contributed by atoms with E-state index in [4.69, 9.17) is 0 Å². The van der Waals surface area contributed by atoms with Crippen LogP contribution in [0.15, 0.2) is 49.8 Å². The van der Waals surface area contributed by atoms with Gasteiger partial charge in [0.1, 0.15) is 5.82 Å². The van der Waals surface area contributed by atoms with Crippen LogP contribution in [0.4, 0.5) is 10.1 Å². The molecule has 0 aliphatic carbocycles. The Morgan fingerprint density at radius 1 is 0.944 bits per heavy atom. The smallest absolute Gasteiger partial charge is 0.147 e. The first kappa shape index (κ1) is 14.0. The van der Waals surface area contributed by atoms with Crippen LogP contribution in [0.2, 0.25) is 0 Å². The summed E-state index contributed by atoms with van der Waals surface area (Å²) < 4.78 is 16.3. The van der Waals surface area contributed by atoms with Crippen molar-refractivity contribution in [2.45, 2.75) is 6.54 Å². The standard InChI is InChI=1S/C13H9Br3FN/c14-9-2-4-13(12(17)6-9)18-7-8-1-3-10(15)11(16)5-8/h1-6,18H,7H2. The maximum absolute atomic E-state index is 13.6. The van der Waals surface area contributed by atoms with Crippen LogP contribution in [0.3, 0.4) is 0 Å². The molecular formula is C13H9Br3FN. The molecule has 1 N–H and O–H groups in total. The van der Waals surface area contributed by atoms with Crippen LogP contribution >= 0.6 is 47.8 Å². The van der Waals surface area contributed by atoms with Crippen LogP contribution in [0.5, 0.6) is 0 Å². The zero-order valence-corrected chi connectivity index (χ0v) is 13.9. The van der Waals surface area contributed by atoms with E-state index < -0.39 is 0 Å². The van der Waals surface area contributed by atoms with Gasteiger partial charge in [0.2, 0.25) is 0 Å². The van der Waals surface area contributed by atoms with Crippen molar-refractivity contribution in [1.82, 2.24) is 0 Å². The molecule has 0 amide bonds. The second kappa shape index (κ2) is 6.17. The van der Waals surface area contributed by atoms with Gasteiger partial charge in [-0.2, -0.15) is 0 Å². The summed E-state index contributed by atoms with van der Waals surface area (Å²) in [7, 11) is 0. The molecule has 0 saturated heterocycles. The summed E-state index contributed by atoms with van der Waals surface area (Å²) in [5.41, 5.74) is 1.57. The Morgan fingerprint density at radius 3 is 2.39 bits per heavy atom. The summed E-state index contributed by atoms with van der Waals surface area (Å²) in [6, 6.07) is 10.9.